The first-order valence-electron chi connectivity index (χ1n) is 5.43. The van der Waals surface area contributed by atoms with E-state index in [1.807, 2.05) is 38.1 Å². The molecule has 0 saturated heterocycles. The molecule has 0 radical (unpaired) electrons. The minimum Gasteiger partial charge on any atom is -0.497 e. The van der Waals surface area contributed by atoms with Crippen LogP contribution in [0.3, 0.4) is 0 Å². The molecule has 0 aliphatic heterocycles. The summed E-state index contributed by atoms with van der Waals surface area (Å²) in [5.74, 6) is 0.879. The van der Waals surface area contributed by atoms with Crippen LogP contribution in [0, 0.1) is 0 Å². The van der Waals surface area contributed by atoms with Gasteiger partial charge in [0, 0.05) is 10.7 Å². The summed E-state index contributed by atoms with van der Waals surface area (Å²) in [4.78, 5) is 7.28. The van der Waals surface area contributed by atoms with Crippen molar-refractivity contribution in [2.24, 2.45) is 0 Å². The zero-order chi connectivity index (χ0) is 13.8. The number of rotatable bonds is 1. The van der Waals surface area contributed by atoms with Crippen LogP contribution in [0.15, 0.2) is 47.3 Å². The van der Waals surface area contributed by atoms with Crippen LogP contribution in [-0.2, 0) is 0 Å². The fourth-order valence-corrected chi connectivity index (χ4v) is 1.35. The summed E-state index contributed by atoms with van der Waals surface area (Å²) in [6, 6.07) is 9.34. The third-order valence-corrected chi connectivity index (χ3v) is 2.29. The van der Waals surface area contributed by atoms with Crippen molar-refractivity contribution < 1.29 is 4.74 Å². The Morgan fingerprint density at radius 2 is 1.94 bits per heavy atom. The molecule has 2 aromatic rings. The van der Waals surface area contributed by atoms with E-state index in [0.717, 1.165) is 10.2 Å². The third kappa shape index (κ3) is 8.03. The Labute approximate surface area is 121 Å². The summed E-state index contributed by atoms with van der Waals surface area (Å²) in [6.07, 6.45) is 3.00. The second-order valence-corrected chi connectivity index (χ2v) is 4.00. The Morgan fingerprint density at radius 1 is 1.22 bits per heavy atom. The second kappa shape index (κ2) is 11.0. The number of benzene rings is 1. The van der Waals surface area contributed by atoms with Crippen molar-refractivity contribution in [2.45, 2.75) is 13.8 Å². The highest BCUT2D eigenvalue weighted by Gasteiger charge is 1.88. The summed E-state index contributed by atoms with van der Waals surface area (Å²) in [7, 11) is 1.65. The molecule has 0 saturated carbocycles. The molecular formula is C13H16BrClN2O. The predicted octanol–water partition coefficient (Wildman–Crippen LogP) is 4.61. The van der Waals surface area contributed by atoms with Crippen molar-refractivity contribution in [1.29, 1.82) is 0 Å². The Morgan fingerprint density at radius 3 is 2.28 bits per heavy atom. The summed E-state index contributed by atoms with van der Waals surface area (Å²) in [5.41, 5.74) is 0. The van der Waals surface area contributed by atoms with Crippen LogP contribution < -0.4 is 4.74 Å². The second-order valence-electron chi connectivity index (χ2n) is 2.69. The van der Waals surface area contributed by atoms with Gasteiger partial charge in [0.15, 0.2) is 0 Å². The number of halogens is 2. The first kappa shape index (κ1) is 16.9. The van der Waals surface area contributed by atoms with E-state index in [1.165, 1.54) is 6.33 Å². The molecule has 0 unspecified atom stereocenters. The molecular weight excluding hydrogens is 316 g/mol. The molecule has 0 bridgehead atoms. The first-order valence-corrected chi connectivity index (χ1v) is 6.60. The quantitative estimate of drug-likeness (QED) is 0.716. The standard InChI is InChI=1S/C7H7BrO.C4H3ClN2.C2H6/c1-9-7-4-2-3-6(8)5-7;5-4-1-2-6-3-7-4;1-2/h2-5H,1H3;1-3H;1-2H3. The van der Waals surface area contributed by atoms with Crippen LogP contribution in [0.5, 0.6) is 5.75 Å². The molecule has 3 nitrogen and oxygen atoms in total. The molecule has 1 aromatic heterocycles. The van der Waals surface area contributed by atoms with Gasteiger partial charge in [-0.1, -0.05) is 47.4 Å². The lowest BCUT2D eigenvalue weighted by molar-refractivity contribution is 0.414. The van der Waals surface area contributed by atoms with Crippen LogP contribution in [0.25, 0.3) is 0 Å². The molecule has 0 N–H and O–H groups in total. The average Bonchev–Trinajstić information content (AvgIpc) is 2.42. The number of hydrogen-bond acceptors (Lipinski definition) is 3. The Bertz CT molecular complexity index is 426. The van der Waals surface area contributed by atoms with Gasteiger partial charge in [-0.25, -0.2) is 9.97 Å². The van der Waals surface area contributed by atoms with Gasteiger partial charge in [-0.15, -0.1) is 0 Å². The highest BCUT2D eigenvalue weighted by Crippen LogP contribution is 2.16. The summed E-state index contributed by atoms with van der Waals surface area (Å²) in [6.45, 7) is 4.00. The zero-order valence-electron chi connectivity index (χ0n) is 10.6. The summed E-state index contributed by atoms with van der Waals surface area (Å²) in [5, 5.41) is 0.481. The number of hydrogen-bond donors (Lipinski definition) is 0. The van der Waals surface area contributed by atoms with Gasteiger partial charge in [-0.3, -0.25) is 0 Å². The van der Waals surface area contributed by atoms with Crippen LogP contribution in [0.2, 0.25) is 5.15 Å². The van der Waals surface area contributed by atoms with Crippen molar-refractivity contribution in [3.63, 3.8) is 0 Å². The first-order chi connectivity index (χ1) is 8.72. The smallest absolute Gasteiger partial charge is 0.132 e. The van der Waals surface area contributed by atoms with Gasteiger partial charge in [-0.05, 0) is 24.3 Å². The lowest BCUT2D eigenvalue weighted by Gasteiger charge is -1.96. The van der Waals surface area contributed by atoms with Gasteiger partial charge in [-0.2, -0.15) is 0 Å². The van der Waals surface area contributed by atoms with Gasteiger partial charge in [0.1, 0.15) is 17.2 Å². The van der Waals surface area contributed by atoms with Gasteiger partial charge in [0.05, 0.1) is 7.11 Å². The Balaban J connectivity index is 0.000000289. The molecule has 0 aliphatic carbocycles. The minimum absolute atomic E-state index is 0.481. The van der Waals surface area contributed by atoms with Crippen LogP contribution >= 0.6 is 27.5 Å². The molecule has 1 aromatic carbocycles. The SMILES string of the molecule is CC.COc1cccc(Br)c1.Clc1ccncn1. The van der Waals surface area contributed by atoms with E-state index in [0.29, 0.717) is 5.15 Å². The van der Waals surface area contributed by atoms with E-state index in [2.05, 4.69) is 25.9 Å². The average molecular weight is 332 g/mol. The van der Waals surface area contributed by atoms with E-state index in [9.17, 15) is 0 Å². The number of aromatic nitrogens is 2. The zero-order valence-corrected chi connectivity index (χ0v) is 12.9. The molecule has 0 atom stereocenters. The molecule has 18 heavy (non-hydrogen) atoms. The van der Waals surface area contributed by atoms with E-state index in [-0.39, 0.29) is 0 Å². The van der Waals surface area contributed by atoms with E-state index in [4.69, 9.17) is 16.3 Å². The molecule has 2 rings (SSSR count). The van der Waals surface area contributed by atoms with Crippen molar-refractivity contribution in [3.8, 4) is 5.75 Å². The summed E-state index contributed by atoms with van der Waals surface area (Å²) < 4.78 is 6.01. The largest absolute Gasteiger partial charge is 0.497 e. The third-order valence-electron chi connectivity index (χ3n) is 1.58. The predicted molar refractivity (Wildman–Crippen MR) is 79.1 cm³/mol. The Kier molecular flexibility index (Phi) is 10.3. The topological polar surface area (TPSA) is 35.0 Å². The van der Waals surface area contributed by atoms with E-state index in [1.54, 1.807) is 19.4 Å². The molecule has 0 aliphatic rings. The minimum atomic E-state index is 0.481. The van der Waals surface area contributed by atoms with Gasteiger partial charge >= 0.3 is 0 Å². The highest BCUT2D eigenvalue weighted by atomic mass is 79.9. The monoisotopic (exact) mass is 330 g/mol. The molecule has 0 amide bonds. The van der Waals surface area contributed by atoms with E-state index < -0.39 is 0 Å². The van der Waals surface area contributed by atoms with Crippen molar-refractivity contribution >= 4 is 27.5 Å². The number of nitrogens with zero attached hydrogens (tertiary/aromatic N) is 2. The summed E-state index contributed by atoms with van der Waals surface area (Å²) >= 11 is 8.71. The highest BCUT2D eigenvalue weighted by molar-refractivity contribution is 9.10. The molecule has 0 spiro atoms. The number of ether oxygens (including phenoxy) is 1. The van der Waals surface area contributed by atoms with Crippen LogP contribution in [-0.4, -0.2) is 17.1 Å². The number of methoxy groups -OCH3 is 1. The maximum atomic E-state index is 5.39. The maximum absolute atomic E-state index is 5.39. The fraction of sp³-hybridized carbons (Fsp3) is 0.231. The van der Waals surface area contributed by atoms with Crippen LogP contribution in [0.1, 0.15) is 13.8 Å². The lowest BCUT2D eigenvalue weighted by Crippen LogP contribution is -1.79. The lowest BCUT2D eigenvalue weighted by atomic mass is 10.3. The van der Waals surface area contributed by atoms with Crippen molar-refractivity contribution in [1.82, 2.24) is 9.97 Å². The van der Waals surface area contributed by atoms with Crippen LogP contribution in [0.4, 0.5) is 0 Å². The van der Waals surface area contributed by atoms with Gasteiger partial charge in [0.25, 0.3) is 0 Å². The molecule has 5 heteroatoms. The fourth-order valence-electron chi connectivity index (χ4n) is 0.869. The molecule has 0 fully saturated rings. The van der Waals surface area contributed by atoms with Gasteiger partial charge < -0.3 is 4.74 Å². The van der Waals surface area contributed by atoms with E-state index >= 15 is 0 Å². The van der Waals surface area contributed by atoms with Crippen molar-refractivity contribution in [2.75, 3.05) is 7.11 Å². The van der Waals surface area contributed by atoms with Crippen molar-refractivity contribution in [3.05, 3.63) is 52.5 Å². The van der Waals surface area contributed by atoms with Gasteiger partial charge in [0.2, 0.25) is 0 Å². The normalized spacial score (nSPS) is 8.28. The Hall–Kier alpha value is -1.13. The maximum Gasteiger partial charge on any atom is 0.132 e. The molecule has 1 heterocycles. The molecule has 98 valence electrons.